The molecule has 0 aromatic carbocycles. The summed E-state index contributed by atoms with van der Waals surface area (Å²) in [4.78, 5) is 11.0. The summed E-state index contributed by atoms with van der Waals surface area (Å²) in [6.07, 6.45) is 1.82. The first-order valence-corrected chi connectivity index (χ1v) is 4.37. The second kappa shape index (κ2) is 2.84. The molecule has 0 unspecified atom stereocenters. The minimum atomic E-state index is 0.223. The minimum Gasteiger partial charge on any atom is -0.356 e. The number of carbonyl (C=O) groups is 1. The van der Waals surface area contributed by atoms with Gasteiger partial charge in [-0.25, -0.2) is 0 Å². The van der Waals surface area contributed by atoms with Crippen molar-refractivity contribution in [1.29, 1.82) is 0 Å². The van der Waals surface area contributed by atoms with E-state index >= 15 is 0 Å². The molecule has 11 heavy (non-hydrogen) atoms. The van der Waals surface area contributed by atoms with Crippen LogP contribution in [0, 0.1) is 11.3 Å². The molecule has 1 aliphatic heterocycles. The number of amides is 1. The number of hydrogen-bond donors (Lipinski definition) is 1. The van der Waals surface area contributed by atoms with E-state index in [0.717, 1.165) is 19.4 Å². The van der Waals surface area contributed by atoms with E-state index < -0.39 is 0 Å². The molecule has 1 heterocycles. The van der Waals surface area contributed by atoms with Crippen molar-refractivity contribution in [2.24, 2.45) is 11.3 Å². The van der Waals surface area contributed by atoms with E-state index in [-0.39, 0.29) is 11.3 Å². The highest BCUT2D eigenvalue weighted by Crippen LogP contribution is 2.37. The lowest BCUT2D eigenvalue weighted by molar-refractivity contribution is -0.119. The minimum absolute atomic E-state index is 0.223. The van der Waals surface area contributed by atoms with Crippen LogP contribution in [0.1, 0.15) is 33.6 Å². The average molecular weight is 155 g/mol. The largest absolute Gasteiger partial charge is 0.356 e. The summed E-state index contributed by atoms with van der Waals surface area (Å²) < 4.78 is 0. The molecular formula is C9H17NO. The van der Waals surface area contributed by atoms with Crippen LogP contribution in [0.15, 0.2) is 0 Å². The van der Waals surface area contributed by atoms with Gasteiger partial charge in [0.25, 0.3) is 0 Å². The third kappa shape index (κ3) is 1.39. The van der Waals surface area contributed by atoms with E-state index in [9.17, 15) is 4.79 Å². The monoisotopic (exact) mass is 155 g/mol. The van der Waals surface area contributed by atoms with Crippen LogP contribution in [0.5, 0.6) is 0 Å². The molecule has 0 aliphatic carbocycles. The zero-order chi connectivity index (χ0) is 8.48. The van der Waals surface area contributed by atoms with Gasteiger partial charge in [0.05, 0.1) is 0 Å². The van der Waals surface area contributed by atoms with E-state index in [1.807, 2.05) is 0 Å². The second-order valence-electron chi connectivity index (χ2n) is 3.82. The first kappa shape index (κ1) is 8.57. The summed E-state index contributed by atoms with van der Waals surface area (Å²) in [5.74, 6) is 0.826. The standard InChI is InChI=1S/C9H17NO/c1-4-9(7(2)3)5-8(11)10-6-9/h7H,4-6H2,1-3H3,(H,10,11)/t9-/m0/s1. The highest BCUT2D eigenvalue weighted by Gasteiger charge is 2.39. The molecule has 1 aliphatic rings. The Bertz CT molecular complexity index is 165. The van der Waals surface area contributed by atoms with Crippen molar-refractivity contribution in [3.8, 4) is 0 Å². The normalized spacial score (nSPS) is 31.1. The molecule has 64 valence electrons. The van der Waals surface area contributed by atoms with Gasteiger partial charge in [-0.3, -0.25) is 4.79 Å². The van der Waals surface area contributed by atoms with E-state index in [1.54, 1.807) is 0 Å². The molecule has 1 fully saturated rings. The quantitative estimate of drug-likeness (QED) is 0.644. The van der Waals surface area contributed by atoms with E-state index in [0.29, 0.717) is 5.92 Å². The van der Waals surface area contributed by atoms with Crippen LogP contribution in [-0.4, -0.2) is 12.5 Å². The van der Waals surface area contributed by atoms with Crippen molar-refractivity contribution >= 4 is 5.91 Å². The number of rotatable bonds is 2. The topological polar surface area (TPSA) is 29.1 Å². The zero-order valence-electron chi connectivity index (χ0n) is 7.61. The summed E-state index contributed by atoms with van der Waals surface area (Å²) in [6.45, 7) is 7.44. The molecule has 2 nitrogen and oxygen atoms in total. The van der Waals surface area contributed by atoms with Crippen molar-refractivity contribution in [1.82, 2.24) is 5.32 Å². The van der Waals surface area contributed by atoms with Gasteiger partial charge >= 0.3 is 0 Å². The second-order valence-corrected chi connectivity index (χ2v) is 3.82. The van der Waals surface area contributed by atoms with Crippen molar-refractivity contribution in [3.05, 3.63) is 0 Å². The number of hydrogen-bond acceptors (Lipinski definition) is 1. The van der Waals surface area contributed by atoms with Gasteiger partial charge < -0.3 is 5.32 Å². The maximum Gasteiger partial charge on any atom is 0.220 e. The van der Waals surface area contributed by atoms with Crippen LogP contribution in [0.3, 0.4) is 0 Å². The Labute approximate surface area is 68.4 Å². The SMILES string of the molecule is CC[C@@]1(C(C)C)CNC(=O)C1. The lowest BCUT2D eigenvalue weighted by Crippen LogP contribution is -2.28. The van der Waals surface area contributed by atoms with E-state index in [2.05, 4.69) is 26.1 Å². The molecule has 1 rings (SSSR count). The molecule has 0 radical (unpaired) electrons. The van der Waals surface area contributed by atoms with Crippen LogP contribution in [0.4, 0.5) is 0 Å². The average Bonchev–Trinajstić information content (AvgIpc) is 2.33. The Morgan fingerprint density at radius 2 is 2.27 bits per heavy atom. The highest BCUT2D eigenvalue weighted by molar-refractivity contribution is 5.79. The fourth-order valence-electron chi connectivity index (χ4n) is 1.79. The van der Waals surface area contributed by atoms with Crippen LogP contribution < -0.4 is 5.32 Å². The highest BCUT2D eigenvalue weighted by atomic mass is 16.1. The Morgan fingerprint density at radius 3 is 2.45 bits per heavy atom. The molecule has 1 N–H and O–H groups in total. The summed E-state index contributed by atoms with van der Waals surface area (Å²) in [5, 5.41) is 2.90. The first-order valence-electron chi connectivity index (χ1n) is 4.37. The van der Waals surface area contributed by atoms with E-state index in [1.165, 1.54) is 0 Å². The Kier molecular flexibility index (Phi) is 2.21. The van der Waals surface area contributed by atoms with Crippen LogP contribution in [0.2, 0.25) is 0 Å². The fraction of sp³-hybridized carbons (Fsp3) is 0.889. The van der Waals surface area contributed by atoms with Gasteiger partial charge in [0, 0.05) is 13.0 Å². The summed E-state index contributed by atoms with van der Waals surface area (Å²) in [7, 11) is 0. The lowest BCUT2D eigenvalue weighted by Gasteiger charge is -2.29. The number of nitrogens with one attached hydrogen (secondary N) is 1. The van der Waals surface area contributed by atoms with Gasteiger partial charge in [-0.2, -0.15) is 0 Å². The van der Waals surface area contributed by atoms with Crippen molar-refractivity contribution < 1.29 is 4.79 Å². The molecular weight excluding hydrogens is 138 g/mol. The fourth-order valence-corrected chi connectivity index (χ4v) is 1.79. The first-order chi connectivity index (χ1) is 5.10. The molecule has 0 saturated carbocycles. The Balaban J connectivity index is 2.70. The summed E-state index contributed by atoms with van der Waals surface area (Å²) in [6, 6.07) is 0. The molecule has 1 atom stereocenters. The summed E-state index contributed by atoms with van der Waals surface area (Å²) >= 11 is 0. The molecule has 0 bridgehead atoms. The molecule has 2 heteroatoms. The molecule has 0 spiro atoms. The van der Waals surface area contributed by atoms with Gasteiger partial charge in [0.15, 0.2) is 0 Å². The van der Waals surface area contributed by atoms with Gasteiger partial charge in [0.1, 0.15) is 0 Å². The Hall–Kier alpha value is -0.530. The van der Waals surface area contributed by atoms with Gasteiger partial charge in [0.2, 0.25) is 5.91 Å². The third-order valence-corrected chi connectivity index (χ3v) is 3.08. The maximum absolute atomic E-state index is 11.0. The zero-order valence-corrected chi connectivity index (χ0v) is 7.61. The number of carbonyl (C=O) groups excluding carboxylic acids is 1. The lowest BCUT2D eigenvalue weighted by atomic mass is 9.74. The van der Waals surface area contributed by atoms with Gasteiger partial charge in [-0.05, 0) is 17.8 Å². The van der Waals surface area contributed by atoms with Crippen LogP contribution in [0.25, 0.3) is 0 Å². The van der Waals surface area contributed by atoms with Crippen LogP contribution in [-0.2, 0) is 4.79 Å². The van der Waals surface area contributed by atoms with E-state index in [4.69, 9.17) is 0 Å². The Morgan fingerprint density at radius 1 is 1.64 bits per heavy atom. The van der Waals surface area contributed by atoms with Crippen LogP contribution >= 0.6 is 0 Å². The predicted octanol–water partition coefficient (Wildman–Crippen LogP) is 1.56. The van der Waals surface area contributed by atoms with Crippen molar-refractivity contribution in [3.63, 3.8) is 0 Å². The summed E-state index contributed by atoms with van der Waals surface area (Å²) in [5.41, 5.74) is 0.247. The molecule has 1 saturated heterocycles. The van der Waals surface area contributed by atoms with Gasteiger partial charge in [-0.1, -0.05) is 20.8 Å². The molecule has 0 aromatic rings. The smallest absolute Gasteiger partial charge is 0.220 e. The third-order valence-electron chi connectivity index (χ3n) is 3.08. The van der Waals surface area contributed by atoms with Crippen molar-refractivity contribution in [2.75, 3.05) is 6.54 Å². The molecule has 0 aromatic heterocycles. The maximum atomic E-state index is 11.0. The predicted molar refractivity (Wildman–Crippen MR) is 45.2 cm³/mol. The molecule has 1 amide bonds. The van der Waals surface area contributed by atoms with Crippen molar-refractivity contribution in [2.45, 2.75) is 33.6 Å². The van der Waals surface area contributed by atoms with Gasteiger partial charge in [-0.15, -0.1) is 0 Å².